The number of nitrogens with zero attached hydrogens (tertiary/aromatic N) is 2. The Morgan fingerprint density at radius 3 is 2.71 bits per heavy atom. The van der Waals surface area contributed by atoms with Gasteiger partial charge >= 0.3 is 0 Å². The first-order valence-corrected chi connectivity index (χ1v) is 8.61. The molecule has 1 N–H and O–H groups in total. The van der Waals surface area contributed by atoms with Gasteiger partial charge in [0.1, 0.15) is 5.54 Å². The zero-order valence-electron chi connectivity index (χ0n) is 13.7. The Balaban J connectivity index is 1.77. The van der Waals surface area contributed by atoms with E-state index in [1.807, 2.05) is 0 Å². The van der Waals surface area contributed by atoms with Crippen molar-refractivity contribution in [1.29, 1.82) is 5.26 Å². The molecular weight excluding hydrogens is 262 g/mol. The van der Waals surface area contributed by atoms with Crippen LogP contribution in [0, 0.1) is 23.2 Å². The number of methoxy groups -OCH3 is 1. The molecule has 1 saturated heterocycles. The van der Waals surface area contributed by atoms with Gasteiger partial charge in [0.15, 0.2) is 0 Å². The van der Waals surface area contributed by atoms with Crippen LogP contribution in [-0.2, 0) is 4.74 Å². The van der Waals surface area contributed by atoms with Gasteiger partial charge in [0.2, 0.25) is 0 Å². The van der Waals surface area contributed by atoms with Gasteiger partial charge in [0.25, 0.3) is 0 Å². The van der Waals surface area contributed by atoms with Crippen molar-refractivity contribution < 1.29 is 4.74 Å². The lowest BCUT2D eigenvalue weighted by Gasteiger charge is -2.34. The Labute approximate surface area is 129 Å². The Morgan fingerprint density at radius 1 is 1.33 bits per heavy atom. The predicted octanol–water partition coefficient (Wildman–Crippen LogP) is 2.41. The van der Waals surface area contributed by atoms with Crippen molar-refractivity contribution in [1.82, 2.24) is 10.2 Å². The number of piperidine rings is 1. The molecule has 0 aromatic heterocycles. The second-order valence-corrected chi connectivity index (χ2v) is 6.73. The average molecular weight is 293 g/mol. The molecule has 0 amide bonds. The van der Waals surface area contributed by atoms with Gasteiger partial charge in [0.05, 0.1) is 6.07 Å². The molecule has 2 aliphatic rings. The summed E-state index contributed by atoms with van der Waals surface area (Å²) in [5.41, 5.74) is -0.247. The Bertz CT molecular complexity index is 346. The molecular formula is C17H31N3O. The van der Waals surface area contributed by atoms with Crippen molar-refractivity contribution in [3.63, 3.8) is 0 Å². The quantitative estimate of drug-likeness (QED) is 0.783. The van der Waals surface area contributed by atoms with E-state index >= 15 is 0 Å². The number of ether oxygens (including phenoxy) is 1. The topological polar surface area (TPSA) is 48.3 Å². The molecule has 21 heavy (non-hydrogen) atoms. The van der Waals surface area contributed by atoms with Gasteiger partial charge < -0.3 is 9.64 Å². The fourth-order valence-electron chi connectivity index (χ4n) is 4.15. The molecule has 2 rings (SSSR count). The molecule has 4 nitrogen and oxygen atoms in total. The number of hydrogen-bond acceptors (Lipinski definition) is 4. The van der Waals surface area contributed by atoms with Crippen LogP contribution in [0.25, 0.3) is 0 Å². The van der Waals surface area contributed by atoms with Crippen molar-refractivity contribution in [2.45, 2.75) is 51.0 Å². The van der Waals surface area contributed by atoms with Gasteiger partial charge in [-0.05, 0) is 70.1 Å². The fourth-order valence-corrected chi connectivity index (χ4v) is 4.15. The Morgan fingerprint density at radius 2 is 2.10 bits per heavy atom. The SMILES string of the molecule is CCNC1(C#N)CCCC1CCN1CCC(COC)CC1. The third kappa shape index (κ3) is 4.18. The molecule has 1 aliphatic heterocycles. The lowest BCUT2D eigenvalue weighted by molar-refractivity contribution is 0.0954. The van der Waals surface area contributed by atoms with E-state index in [9.17, 15) is 5.26 Å². The molecule has 2 atom stereocenters. The molecule has 0 bridgehead atoms. The molecule has 1 aliphatic carbocycles. The van der Waals surface area contributed by atoms with Gasteiger partial charge in [0, 0.05) is 13.7 Å². The van der Waals surface area contributed by atoms with Crippen LogP contribution in [0.2, 0.25) is 0 Å². The van der Waals surface area contributed by atoms with Crippen molar-refractivity contribution in [2.75, 3.05) is 39.9 Å². The number of likely N-dealkylation sites (tertiary alicyclic amines) is 1. The second kappa shape index (κ2) is 8.12. The standard InChI is InChI=1S/C17H31N3O/c1-3-19-17(14-18)9-4-5-16(17)8-12-20-10-6-15(7-11-20)13-21-2/h15-16,19H,3-13H2,1-2H3. The summed E-state index contributed by atoms with van der Waals surface area (Å²) in [6.45, 7) is 7.46. The minimum atomic E-state index is -0.247. The summed E-state index contributed by atoms with van der Waals surface area (Å²) in [7, 11) is 1.80. The third-order valence-electron chi connectivity index (χ3n) is 5.42. The lowest BCUT2D eigenvalue weighted by atomic mass is 9.85. The highest BCUT2D eigenvalue weighted by molar-refractivity contribution is 5.14. The highest BCUT2D eigenvalue weighted by Crippen LogP contribution is 2.37. The van der Waals surface area contributed by atoms with E-state index in [0.29, 0.717) is 5.92 Å². The van der Waals surface area contributed by atoms with Crippen molar-refractivity contribution >= 4 is 0 Å². The lowest BCUT2D eigenvalue weighted by Crippen LogP contribution is -2.48. The molecule has 1 heterocycles. The first kappa shape index (κ1) is 16.7. The Kier molecular flexibility index (Phi) is 6.47. The highest BCUT2D eigenvalue weighted by Gasteiger charge is 2.42. The summed E-state index contributed by atoms with van der Waals surface area (Å²) < 4.78 is 5.26. The molecule has 0 radical (unpaired) electrons. The molecule has 2 fully saturated rings. The fraction of sp³-hybridized carbons (Fsp3) is 0.941. The summed E-state index contributed by atoms with van der Waals surface area (Å²) in [5, 5.41) is 13.1. The van der Waals surface area contributed by atoms with Gasteiger partial charge in [-0.2, -0.15) is 5.26 Å². The first-order valence-electron chi connectivity index (χ1n) is 8.61. The van der Waals surface area contributed by atoms with Crippen LogP contribution in [0.4, 0.5) is 0 Å². The van der Waals surface area contributed by atoms with Crippen LogP contribution in [-0.4, -0.2) is 50.3 Å². The first-order chi connectivity index (χ1) is 10.2. The van der Waals surface area contributed by atoms with Crippen LogP contribution >= 0.6 is 0 Å². The van der Waals surface area contributed by atoms with Crippen LogP contribution in [0.5, 0.6) is 0 Å². The van der Waals surface area contributed by atoms with Crippen molar-refractivity contribution in [2.24, 2.45) is 11.8 Å². The maximum Gasteiger partial charge on any atom is 0.109 e. The van der Waals surface area contributed by atoms with E-state index in [4.69, 9.17) is 4.74 Å². The second-order valence-electron chi connectivity index (χ2n) is 6.73. The Hall–Kier alpha value is -0.630. The minimum absolute atomic E-state index is 0.247. The average Bonchev–Trinajstić information content (AvgIpc) is 2.90. The van der Waals surface area contributed by atoms with E-state index < -0.39 is 0 Å². The monoisotopic (exact) mass is 293 g/mol. The van der Waals surface area contributed by atoms with Crippen LogP contribution in [0.1, 0.15) is 45.4 Å². The summed E-state index contributed by atoms with van der Waals surface area (Å²) in [5.74, 6) is 1.27. The van der Waals surface area contributed by atoms with E-state index in [-0.39, 0.29) is 5.54 Å². The largest absolute Gasteiger partial charge is 0.384 e. The van der Waals surface area contributed by atoms with Gasteiger partial charge in [-0.3, -0.25) is 5.32 Å². The van der Waals surface area contributed by atoms with E-state index in [2.05, 4.69) is 23.2 Å². The van der Waals surface area contributed by atoms with Gasteiger partial charge in [-0.15, -0.1) is 0 Å². The molecule has 0 aromatic carbocycles. The molecule has 0 aromatic rings. The van der Waals surface area contributed by atoms with Gasteiger partial charge in [-0.1, -0.05) is 13.3 Å². The zero-order chi connectivity index (χ0) is 15.1. The molecule has 0 spiro atoms. The maximum atomic E-state index is 9.61. The summed E-state index contributed by atoms with van der Waals surface area (Å²) in [6.07, 6.45) is 7.11. The third-order valence-corrected chi connectivity index (χ3v) is 5.42. The predicted molar refractivity (Wildman–Crippen MR) is 85.0 cm³/mol. The number of nitriles is 1. The smallest absolute Gasteiger partial charge is 0.109 e. The maximum absolute atomic E-state index is 9.61. The highest BCUT2D eigenvalue weighted by atomic mass is 16.5. The van der Waals surface area contributed by atoms with Crippen molar-refractivity contribution in [3.8, 4) is 6.07 Å². The van der Waals surface area contributed by atoms with Crippen LogP contribution in [0.15, 0.2) is 0 Å². The molecule has 4 heteroatoms. The number of hydrogen-bond donors (Lipinski definition) is 1. The number of nitrogens with one attached hydrogen (secondary N) is 1. The van der Waals surface area contributed by atoms with Crippen LogP contribution in [0.3, 0.4) is 0 Å². The minimum Gasteiger partial charge on any atom is -0.384 e. The molecule has 120 valence electrons. The molecule has 1 saturated carbocycles. The summed E-state index contributed by atoms with van der Waals surface area (Å²) in [4.78, 5) is 2.58. The molecule has 2 unspecified atom stereocenters. The van der Waals surface area contributed by atoms with Crippen molar-refractivity contribution in [3.05, 3.63) is 0 Å². The van der Waals surface area contributed by atoms with Gasteiger partial charge in [-0.25, -0.2) is 0 Å². The van der Waals surface area contributed by atoms with E-state index in [1.54, 1.807) is 7.11 Å². The zero-order valence-corrected chi connectivity index (χ0v) is 13.7. The normalized spacial score (nSPS) is 31.4. The van der Waals surface area contributed by atoms with Crippen LogP contribution < -0.4 is 5.32 Å². The van der Waals surface area contributed by atoms with E-state index in [0.717, 1.165) is 38.5 Å². The number of rotatable bonds is 7. The summed E-state index contributed by atoms with van der Waals surface area (Å²) >= 11 is 0. The summed E-state index contributed by atoms with van der Waals surface area (Å²) in [6, 6.07) is 2.59. The van der Waals surface area contributed by atoms with E-state index in [1.165, 1.54) is 38.8 Å².